The quantitative estimate of drug-likeness (QED) is 0.663. The van der Waals surface area contributed by atoms with E-state index in [9.17, 15) is 14.4 Å². The number of likely N-dealkylation sites (tertiary alicyclic amines) is 1. The number of amides is 2. The number of fused-ring (bicyclic) bond motifs is 1. The van der Waals surface area contributed by atoms with Gasteiger partial charge in [0.25, 0.3) is 0 Å². The number of nitrogens with one attached hydrogen (secondary N) is 1. The summed E-state index contributed by atoms with van der Waals surface area (Å²) in [4.78, 5) is 38.1. The highest BCUT2D eigenvalue weighted by molar-refractivity contribution is 5.99. The van der Waals surface area contributed by atoms with Gasteiger partial charge >= 0.3 is 18.0 Å². The van der Waals surface area contributed by atoms with Crippen molar-refractivity contribution in [3.8, 4) is 0 Å². The number of anilines is 1. The van der Waals surface area contributed by atoms with E-state index in [0.29, 0.717) is 30.6 Å². The smallest absolute Gasteiger partial charge is 0.337 e. The summed E-state index contributed by atoms with van der Waals surface area (Å²) in [6.07, 6.45) is 6.34. The Kier molecular flexibility index (Phi) is 5.25. The van der Waals surface area contributed by atoms with E-state index in [4.69, 9.17) is 9.47 Å². The second-order valence-electron chi connectivity index (χ2n) is 6.58. The molecule has 1 aliphatic carbocycles. The highest BCUT2D eigenvalue weighted by atomic mass is 16.5. The number of nitrogens with zero attached hydrogens (tertiary/aromatic N) is 1. The van der Waals surface area contributed by atoms with Crippen molar-refractivity contribution in [1.82, 2.24) is 4.90 Å². The molecule has 1 fully saturated rings. The molecule has 1 aromatic carbocycles. The van der Waals surface area contributed by atoms with Gasteiger partial charge < -0.3 is 19.7 Å². The maximum absolute atomic E-state index is 12.6. The van der Waals surface area contributed by atoms with Crippen LogP contribution in [0.25, 0.3) is 0 Å². The third-order valence-electron chi connectivity index (χ3n) is 4.93. The number of allylic oxidation sites excluding steroid dienone is 2. The second kappa shape index (κ2) is 7.59. The molecule has 1 aromatic rings. The number of ether oxygens (including phenoxy) is 2. The van der Waals surface area contributed by atoms with E-state index in [0.717, 1.165) is 12.8 Å². The molecule has 0 saturated carbocycles. The lowest BCUT2D eigenvalue weighted by Crippen LogP contribution is -2.33. The van der Waals surface area contributed by atoms with Crippen LogP contribution in [0.4, 0.5) is 10.5 Å². The maximum atomic E-state index is 12.6. The van der Waals surface area contributed by atoms with Crippen LogP contribution in [0.15, 0.2) is 30.4 Å². The van der Waals surface area contributed by atoms with Crippen molar-refractivity contribution in [1.29, 1.82) is 0 Å². The number of rotatable bonds is 3. The van der Waals surface area contributed by atoms with E-state index in [-0.39, 0.29) is 17.2 Å². The number of esters is 2. The topological polar surface area (TPSA) is 84.9 Å². The first-order valence-electron chi connectivity index (χ1n) is 8.54. The number of benzene rings is 1. The van der Waals surface area contributed by atoms with Gasteiger partial charge in [-0.3, -0.25) is 0 Å². The molecular weight excluding hydrogens is 336 g/mol. The Hall–Kier alpha value is -2.83. The number of hydrogen-bond acceptors (Lipinski definition) is 5. The fourth-order valence-electron chi connectivity index (χ4n) is 3.55. The molecule has 0 unspecified atom stereocenters. The minimum Gasteiger partial charge on any atom is -0.465 e. The summed E-state index contributed by atoms with van der Waals surface area (Å²) in [6, 6.07) is 4.11. The second-order valence-corrected chi connectivity index (χ2v) is 6.58. The summed E-state index contributed by atoms with van der Waals surface area (Å²) in [5.74, 6) is -0.190. The number of carbonyl (C=O) groups is 3. The van der Waals surface area contributed by atoms with Crippen LogP contribution in [-0.4, -0.2) is 50.2 Å². The minimum absolute atomic E-state index is 0.171. The molecule has 26 heavy (non-hydrogen) atoms. The SMILES string of the molecule is COC(=O)c1cc(NC(=O)N2C[C@H]3CC=CC[C@H]3C2)cc(C(=O)OC)c1. The predicted octanol–water partition coefficient (Wildman–Crippen LogP) is 2.69. The van der Waals surface area contributed by atoms with Crippen molar-refractivity contribution in [2.75, 3.05) is 32.6 Å². The van der Waals surface area contributed by atoms with Gasteiger partial charge in [-0.2, -0.15) is 0 Å². The first-order chi connectivity index (χ1) is 12.5. The molecule has 1 aliphatic heterocycles. The summed E-state index contributed by atoms with van der Waals surface area (Å²) in [6.45, 7) is 1.42. The van der Waals surface area contributed by atoms with Crippen LogP contribution in [0, 0.1) is 11.8 Å². The molecule has 2 atom stereocenters. The lowest BCUT2D eigenvalue weighted by molar-refractivity contribution is 0.0599. The van der Waals surface area contributed by atoms with E-state index in [1.54, 1.807) is 4.90 Å². The lowest BCUT2D eigenvalue weighted by atomic mass is 9.86. The van der Waals surface area contributed by atoms with Crippen LogP contribution in [0.3, 0.4) is 0 Å². The van der Waals surface area contributed by atoms with Gasteiger partial charge in [0.2, 0.25) is 0 Å². The van der Waals surface area contributed by atoms with Gasteiger partial charge in [-0.1, -0.05) is 12.2 Å². The van der Waals surface area contributed by atoms with E-state index in [1.807, 2.05) is 0 Å². The fourth-order valence-corrected chi connectivity index (χ4v) is 3.55. The molecule has 3 rings (SSSR count). The zero-order chi connectivity index (χ0) is 18.7. The molecule has 2 aliphatic rings. The average molecular weight is 358 g/mol. The Balaban J connectivity index is 1.77. The molecule has 0 radical (unpaired) electrons. The van der Waals surface area contributed by atoms with Crippen molar-refractivity contribution in [2.45, 2.75) is 12.8 Å². The summed E-state index contributed by atoms with van der Waals surface area (Å²) in [7, 11) is 2.51. The Morgan fingerprint density at radius 3 is 1.88 bits per heavy atom. The molecule has 1 N–H and O–H groups in total. The summed E-state index contributed by atoms with van der Waals surface area (Å²) in [5, 5.41) is 2.78. The Morgan fingerprint density at radius 2 is 1.42 bits per heavy atom. The molecule has 7 heteroatoms. The van der Waals surface area contributed by atoms with Crippen molar-refractivity contribution < 1.29 is 23.9 Å². The molecule has 2 amide bonds. The third kappa shape index (κ3) is 3.71. The van der Waals surface area contributed by atoms with E-state index < -0.39 is 11.9 Å². The van der Waals surface area contributed by atoms with Gasteiger partial charge in [-0.15, -0.1) is 0 Å². The van der Waals surface area contributed by atoms with Crippen molar-refractivity contribution in [3.63, 3.8) is 0 Å². The number of hydrogen-bond donors (Lipinski definition) is 1. The molecular formula is C19H22N2O5. The Labute approximate surface area is 151 Å². The molecule has 0 spiro atoms. The predicted molar refractivity (Wildman–Crippen MR) is 95.1 cm³/mol. The summed E-state index contributed by atoms with van der Waals surface area (Å²) >= 11 is 0. The summed E-state index contributed by atoms with van der Waals surface area (Å²) in [5.41, 5.74) is 0.696. The van der Waals surface area contributed by atoms with Crippen molar-refractivity contribution in [2.24, 2.45) is 11.8 Å². The number of urea groups is 1. The van der Waals surface area contributed by atoms with Gasteiger partial charge in [-0.05, 0) is 42.9 Å². The Morgan fingerprint density at radius 1 is 0.923 bits per heavy atom. The normalized spacial score (nSPS) is 21.1. The van der Waals surface area contributed by atoms with Crippen molar-refractivity contribution >= 4 is 23.7 Å². The third-order valence-corrected chi connectivity index (χ3v) is 4.93. The fraction of sp³-hybridized carbons (Fsp3) is 0.421. The maximum Gasteiger partial charge on any atom is 0.337 e. The van der Waals surface area contributed by atoms with Crippen LogP contribution in [0.1, 0.15) is 33.6 Å². The molecule has 0 bridgehead atoms. The molecule has 1 heterocycles. The standard InChI is InChI=1S/C19H22N2O5/c1-25-17(22)14-7-15(18(23)26-2)9-16(8-14)20-19(24)21-10-12-5-3-4-6-13(12)11-21/h3-4,7-9,12-13H,5-6,10-11H2,1-2H3,(H,20,24)/t12-,13+. The average Bonchev–Trinajstić information content (AvgIpc) is 3.10. The number of carbonyl (C=O) groups excluding carboxylic acids is 3. The zero-order valence-electron chi connectivity index (χ0n) is 14.9. The molecule has 138 valence electrons. The highest BCUT2D eigenvalue weighted by Crippen LogP contribution is 2.33. The summed E-state index contributed by atoms with van der Waals surface area (Å²) < 4.78 is 9.41. The van der Waals surface area contributed by atoms with Crippen LogP contribution >= 0.6 is 0 Å². The van der Waals surface area contributed by atoms with Gasteiger partial charge in [0.05, 0.1) is 25.3 Å². The monoisotopic (exact) mass is 358 g/mol. The lowest BCUT2D eigenvalue weighted by Gasteiger charge is -2.18. The molecule has 7 nitrogen and oxygen atoms in total. The molecule has 0 aromatic heterocycles. The zero-order valence-corrected chi connectivity index (χ0v) is 14.9. The number of methoxy groups -OCH3 is 2. The first kappa shape index (κ1) is 18.0. The van der Waals surface area contributed by atoms with Crippen LogP contribution in [-0.2, 0) is 9.47 Å². The van der Waals surface area contributed by atoms with Crippen LogP contribution in [0.5, 0.6) is 0 Å². The highest BCUT2D eigenvalue weighted by Gasteiger charge is 2.35. The largest absolute Gasteiger partial charge is 0.465 e. The van der Waals surface area contributed by atoms with Gasteiger partial charge in [0.15, 0.2) is 0 Å². The van der Waals surface area contributed by atoms with Crippen LogP contribution in [0.2, 0.25) is 0 Å². The van der Waals surface area contributed by atoms with Gasteiger partial charge in [-0.25, -0.2) is 14.4 Å². The van der Waals surface area contributed by atoms with E-state index >= 15 is 0 Å². The first-order valence-corrected chi connectivity index (χ1v) is 8.54. The van der Waals surface area contributed by atoms with Crippen molar-refractivity contribution in [3.05, 3.63) is 41.5 Å². The Bertz CT molecular complexity index is 708. The van der Waals surface area contributed by atoms with Gasteiger partial charge in [0.1, 0.15) is 0 Å². The van der Waals surface area contributed by atoms with Gasteiger partial charge in [0, 0.05) is 18.8 Å². The minimum atomic E-state index is -0.593. The van der Waals surface area contributed by atoms with Crippen LogP contribution < -0.4 is 5.32 Å². The van der Waals surface area contributed by atoms with E-state index in [1.165, 1.54) is 32.4 Å². The van der Waals surface area contributed by atoms with E-state index in [2.05, 4.69) is 17.5 Å². The molecule has 1 saturated heterocycles.